The lowest BCUT2D eigenvalue weighted by atomic mass is 9.89. The Morgan fingerprint density at radius 1 is 0.769 bits per heavy atom. The van der Waals surface area contributed by atoms with Gasteiger partial charge in [0.1, 0.15) is 0 Å². The summed E-state index contributed by atoms with van der Waals surface area (Å²) in [6, 6.07) is 0. The van der Waals surface area contributed by atoms with E-state index in [1.54, 1.807) is 0 Å². The van der Waals surface area contributed by atoms with Crippen LogP contribution in [0.25, 0.3) is 0 Å². The minimum Gasteiger partial charge on any atom is -0.352 e. The van der Waals surface area contributed by atoms with Crippen LogP contribution in [0.5, 0.6) is 0 Å². The molecule has 4 atom stereocenters. The van der Waals surface area contributed by atoms with Crippen LogP contribution in [0, 0.1) is 0 Å². The summed E-state index contributed by atoms with van der Waals surface area (Å²) in [5.74, 6) is 0. The third-order valence-electron chi connectivity index (χ3n) is 4.69. The molecule has 0 N–H and O–H groups in total. The molecule has 0 saturated carbocycles. The molecule has 26 heavy (non-hydrogen) atoms. The van der Waals surface area contributed by atoms with Crippen LogP contribution in [0.2, 0.25) is 0 Å². The first-order chi connectivity index (χ1) is 12.2. The summed E-state index contributed by atoms with van der Waals surface area (Å²) in [6.45, 7) is 13.1. The second-order valence-electron chi connectivity index (χ2n) is 8.44. The molecule has 0 radical (unpaired) electrons. The Hall–Kier alpha value is -0.260. The average molecular weight is 394 g/mol. The average Bonchev–Trinajstić information content (AvgIpc) is 2.47. The maximum Gasteiger partial charge on any atom is 0.0915 e. The van der Waals surface area contributed by atoms with E-state index in [1.165, 1.54) is 35.1 Å². The summed E-state index contributed by atoms with van der Waals surface area (Å²) in [5.41, 5.74) is 5.28. The van der Waals surface area contributed by atoms with Gasteiger partial charge in [-0.25, -0.2) is 0 Å². The van der Waals surface area contributed by atoms with Crippen molar-refractivity contribution in [1.82, 2.24) is 0 Å². The van der Waals surface area contributed by atoms with E-state index in [2.05, 4.69) is 65.8 Å². The van der Waals surface area contributed by atoms with Crippen LogP contribution in [-0.2, 0) is 9.05 Å². The van der Waals surface area contributed by atoms with Crippen molar-refractivity contribution in [2.75, 3.05) is 12.3 Å². The molecule has 0 spiro atoms. The maximum atomic E-state index is 6.22. The van der Waals surface area contributed by atoms with Gasteiger partial charge in [0.05, 0.1) is 11.2 Å². The van der Waals surface area contributed by atoms with Crippen LogP contribution in [0.15, 0.2) is 46.6 Å². The second kappa shape index (κ2) is 9.79. The lowest BCUT2D eigenvalue weighted by Gasteiger charge is -2.31. The largest absolute Gasteiger partial charge is 0.352 e. The monoisotopic (exact) mass is 394 g/mol. The molecule has 0 bridgehead atoms. The van der Waals surface area contributed by atoms with Gasteiger partial charge in [0, 0.05) is 30.5 Å². The molecule has 0 aromatic carbocycles. The van der Waals surface area contributed by atoms with Gasteiger partial charge in [-0.3, -0.25) is 0 Å². The lowest BCUT2D eigenvalue weighted by molar-refractivity contribution is 0.163. The molecule has 4 unspecified atom stereocenters. The molecule has 0 saturated heterocycles. The highest BCUT2D eigenvalue weighted by molar-refractivity contribution is 7.32. The van der Waals surface area contributed by atoms with Crippen LogP contribution in [0.4, 0.5) is 0 Å². The molecule has 2 aliphatic rings. The van der Waals surface area contributed by atoms with E-state index in [1.807, 2.05) is 0 Å². The molecular formula is C22H36O2P2. The van der Waals surface area contributed by atoms with Crippen molar-refractivity contribution in [3.05, 3.63) is 46.6 Å². The van der Waals surface area contributed by atoms with Crippen molar-refractivity contribution in [2.45, 2.75) is 78.4 Å². The van der Waals surface area contributed by atoms with Gasteiger partial charge in [0.15, 0.2) is 0 Å². The number of unbranched alkanes of at least 4 members (excludes halogenated alkanes) is 1. The molecule has 4 heteroatoms. The molecule has 0 fully saturated rings. The summed E-state index contributed by atoms with van der Waals surface area (Å²) < 4.78 is 12.4. The fourth-order valence-corrected chi connectivity index (χ4v) is 6.01. The van der Waals surface area contributed by atoms with Crippen LogP contribution in [0.3, 0.4) is 0 Å². The van der Waals surface area contributed by atoms with Gasteiger partial charge < -0.3 is 9.05 Å². The molecule has 2 rings (SSSR count). The first-order valence-corrected chi connectivity index (χ1v) is 12.0. The Bertz CT molecular complexity index is 564. The number of allylic oxidation sites excluding steroid dienone is 4. The predicted molar refractivity (Wildman–Crippen MR) is 119 cm³/mol. The van der Waals surface area contributed by atoms with Crippen LogP contribution in [-0.4, -0.2) is 23.5 Å². The van der Waals surface area contributed by atoms with Crippen LogP contribution >= 0.6 is 17.6 Å². The van der Waals surface area contributed by atoms with Gasteiger partial charge in [-0.1, -0.05) is 34.4 Å². The number of hydrogen-bond acceptors (Lipinski definition) is 2. The first-order valence-electron chi connectivity index (χ1n) is 9.75. The molecule has 2 nitrogen and oxygen atoms in total. The topological polar surface area (TPSA) is 18.5 Å². The minimum absolute atomic E-state index is 0.0998. The van der Waals surface area contributed by atoms with Crippen LogP contribution in [0.1, 0.15) is 67.2 Å². The van der Waals surface area contributed by atoms with Crippen molar-refractivity contribution >= 4 is 17.6 Å². The Morgan fingerprint density at radius 2 is 1.15 bits per heavy atom. The van der Waals surface area contributed by atoms with E-state index in [-0.39, 0.29) is 11.2 Å². The van der Waals surface area contributed by atoms with E-state index < -0.39 is 0 Å². The fourth-order valence-electron chi connectivity index (χ4n) is 4.09. The number of hydrogen-bond donors (Lipinski definition) is 0. The summed E-state index contributed by atoms with van der Waals surface area (Å²) in [6.07, 6.45) is 15.9. The Labute approximate surface area is 164 Å². The summed E-state index contributed by atoms with van der Waals surface area (Å²) >= 11 is 0. The Kier molecular flexibility index (Phi) is 8.30. The highest BCUT2D eigenvalue weighted by atomic mass is 31.1. The summed E-state index contributed by atoms with van der Waals surface area (Å²) in [7, 11) is 1.18. The van der Waals surface area contributed by atoms with Gasteiger partial charge in [-0.15, -0.1) is 0 Å². The van der Waals surface area contributed by atoms with Gasteiger partial charge in [-0.2, -0.15) is 0 Å². The lowest BCUT2D eigenvalue weighted by Crippen LogP contribution is -2.26. The van der Waals surface area contributed by atoms with Crippen molar-refractivity contribution in [3.63, 3.8) is 0 Å². The summed E-state index contributed by atoms with van der Waals surface area (Å²) in [4.78, 5) is 0. The van der Waals surface area contributed by atoms with Crippen molar-refractivity contribution < 1.29 is 9.05 Å². The van der Waals surface area contributed by atoms with Gasteiger partial charge in [0.2, 0.25) is 0 Å². The number of rotatable bonds is 9. The van der Waals surface area contributed by atoms with Crippen molar-refractivity contribution in [3.8, 4) is 0 Å². The second-order valence-corrected chi connectivity index (χ2v) is 10.4. The third-order valence-corrected chi connectivity index (χ3v) is 7.03. The fraction of sp³-hybridized carbons (Fsp3) is 0.636. The van der Waals surface area contributed by atoms with E-state index in [0.717, 1.165) is 25.2 Å². The predicted octanol–water partition coefficient (Wildman–Crippen LogP) is 7.10. The quantitative estimate of drug-likeness (QED) is 0.307. The zero-order chi connectivity index (χ0) is 19.2. The third kappa shape index (κ3) is 7.40. The highest BCUT2D eigenvalue weighted by Crippen LogP contribution is 2.37. The molecule has 2 aliphatic carbocycles. The molecule has 0 heterocycles. The normalized spacial score (nSPS) is 29.9. The Morgan fingerprint density at radius 3 is 1.50 bits per heavy atom. The molecule has 0 aliphatic heterocycles. The van der Waals surface area contributed by atoms with E-state index in [0.29, 0.717) is 17.6 Å². The van der Waals surface area contributed by atoms with Crippen molar-refractivity contribution in [1.29, 1.82) is 0 Å². The van der Waals surface area contributed by atoms with Gasteiger partial charge in [-0.05, 0) is 78.9 Å². The van der Waals surface area contributed by atoms with Crippen LogP contribution < -0.4 is 0 Å². The smallest absolute Gasteiger partial charge is 0.0915 e. The zero-order valence-electron chi connectivity index (χ0n) is 17.4. The summed E-state index contributed by atoms with van der Waals surface area (Å²) in [5, 5.41) is 0. The van der Waals surface area contributed by atoms with E-state index >= 15 is 0 Å². The maximum absolute atomic E-state index is 6.22. The molecular weight excluding hydrogens is 358 g/mol. The zero-order valence-corrected chi connectivity index (χ0v) is 19.4. The molecule has 146 valence electrons. The van der Waals surface area contributed by atoms with Gasteiger partial charge >= 0.3 is 0 Å². The molecule has 0 amide bonds. The van der Waals surface area contributed by atoms with Crippen molar-refractivity contribution in [2.24, 2.45) is 0 Å². The minimum atomic E-state index is -0.0998. The highest BCUT2D eigenvalue weighted by Gasteiger charge is 2.26. The standard InChI is InChI=1S/C22H36O2P2/c1-17-11-18(2)14-21(5,13-17)23-25-9-7-8-10-26-24-22(6)15-19(3)12-20(4)16-22/h11-13,15,25-26H,7-10,14,16H2,1-6H3. The molecule has 0 aromatic heterocycles. The van der Waals surface area contributed by atoms with E-state index in [4.69, 9.17) is 9.05 Å². The first kappa shape index (κ1) is 22.0. The van der Waals surface area contributed by atoms with E-state index in [9.17, 15) is 0 Å². The Balaban J connectivity index is 1.57. The molecule has 0 aromatic rings. The SMILES string of the molecule is CC1=CC(C)(OPCCCCPOC2(C)C=C(C)C=C(C)C2)CC(C)=C1. The van der Waals surface area contributed by atoms with Gasteiger partial charge in [0.25, 0.3) is 0 Å².